The minimum atomic E-state index is 0. The van der Waals surface area contributed by atoms with Gasteiger partial charge in [-0.25, -0.2) is 9.97 Å². The molecule has 0 saturated carbocycles. The summed E-state index contributed by atoms with van der Waals surface area (Å²) in [7, 11) is 9.53. The van der Waals surface area contributed by atoms with Gasteiger partial charge in [0.1, 0.15) is 0 Å². The molecule has 0 unspecified atom stereocenters. The van der Waals surface area contributed by atoms with Crippen LogP contribution in [-0.2, 0) is 30.7 Å². The number of benzene rings is 4. The molecule has 0 bridgehead atoms. The average molecular weight is 1010 g/mol. The number of hydrogen-bond donors (Lipinski definition) is 0. The van der Waals surface area contributed by atoms with Crippen LogP contribution in [0, 0.1) is 27.7 Å². The monoisotopic (exact) mass is 1010 g/mol. The van der Waals surface area contributed by atoms with Gasteiger partial charge >= 0.3 is 33.3 Å². The van der Waals surface area contributed by atoms with E-state index in [0.29, 0.717) is 0 Å². The van der Waals surface area contributed by atoms with Crippen LogP contribution in [0.25, 0.3) is 0 Å². The molecule has 0 aliphatic carbocycles. The maximum atomic E-state index is 4.94. The van der Waals surface area contributed by atoms with Gasteiger partial charge in [-0.2, -0.15) is 0 Å². The molecule has 1 aliphatic rings. The van der Waals surface area contributed by atoms with Crippen molar-refractivity contribution in [3.8, 4) is 0 Å². The second-order valence-corrected chi connectivity index (χ2v) is 18.7. The number of aliphatic imine (C=N–C) groups is 4. The van der Waals surface area contributed by atoms with Crippen molar-refractivity contribution in [1.29, 1.82) is 0 Å². The zero-order chi connectivity index (χ0) is 49.3. The van der Waals surface area contributed by atoms with Crippen molar-refractivity contribution >= 4 is 65.8 Å². The Morgan fingerprint density at radius 3 is 1.09 bits per heavy atom. The fourth-order valence-electron chi connectivity index (χ4n) is 7.47. The molecular formula is C59H74Cl2FeN6O. The van der Waals surface area contributed by atoms with Crippen LogP contribution in [-0.4, -0.2) is 46.0 Å². The molecule has 1 aliphatic heterocycles. The number of rotatable bonds is 14. The predicted octanol–water partition coefficient (Wildman–Crippen LogP) is 17.5. The molecule has 1 fully saturated rings. The number of pyridine rings is 2. The zero-order valence-electron chi connectivity index (χ0n) is 41.8. The first kappa shape index (κ1) is 58.2. The van der Waals surface area contributed by atoms with E-state index in [1.807, 2.05) is 76.2 Å². The van der Waals surface area contributed by atoms with Gasteiger partial charge in [-0.15, -0.1) is 0 Å². The Kier molecular flexibility index (Phi) is 26.9. The Balaban J connectivity index is 0.000000311. The molecule has 368 valence electrons. The fourth-order valence-corrected chi connectivity index (χ4v) is 7.47. The first-order valence-corrected chi connectivity index (χ1v) is 26.8. The van der Waals surface area contributed by atoms with Gasteiger partial charge in [0.05, 0.1) is 68.4 Å². The van der Waals surface area contributed by atoms with Crippen LogP contribution in [0.5, 0.6) is 0 Å². The summed E-state index contributed by atoms with van der Waals surface area (Å²) in [6, 6.07) is 41.4. The minimum absolute atomic E-state index is 0. The Hall–Kier alpha value is -5.08. The molecule has 6 aromatic rings. The van der Waals surface area contributed by atoms with E-state index in [4.69, 9.17) is 54.9 Å². The molecule has 1 saturated heterocycles. The number of halogens is 2. The summed E-state index contributed by atoms with van der Waals surface area (Å²) in [5.41, 5.74) is 18.6. The van der Waals surface area contributed by atoms with E-state index in [1.165, 1.54) is 71.9 Å². The third-order valence-corrected chi connectivity index (χ3v) is 11.4. The number of hydrogen-bond acceptors (Lipinski definition) is 7. The molecule has 0 radical (unpaired) electrons. The number of aryl methyl sites for hydroxylation is 6. The summed E-state index contributed by atoms with van der Waals surface area (Å²) in [6.45, 7) is 22.9. The van der Waals surface area contributed by atoms with Gasteiger partial charge in [0, 0.05) is 13.2 Å². The van der Waals surface area contributed by atoms with Crippen molar-refractivity contribution in [1.82, 2.24) is 9.97 Å². The summed E-state index contributed by atoms with van der Waals surface area (Å²) >= 11 is 0.194. The van der Waals surface area contributed by atoms with E-state index in [1.54, 1.807) is 0 Å². The van der Waals surface area contributed by atoms with Crippen LogP contribution in [0.4, 0.5) is 22.7 Å². The first-order chi connectivity index (χ1) is 32.9. The molecule has 0 atom stereocenters. The normalized spacial score (nSPS) is 12.8. The van der Waals surface area contributed by atoms with E-state index in [0.717, 1.165) is 94.4 Å². The molecule has 0 spiro atoms. The topological polar surface area (TPSA) is 84.5 Å². The standard InChI is InChI=1S/2C27H31N3.C4H8O.CH4.2ClH.Fe/c2*1-6-7-14-23-15-8-9-16-26(23)28-21(4)24-17-11-18-25(30-24)22(5)29-27-19(2)12-10-13-20(27)3;1-2-4-5-3-1;;;;/h2*8-13,15-18H,6-7,14H2,1-5H3;1-4H2;1H4;2*1H;/q;;;;;;+2/p-2. The van der Waals surface area contributed by atoms with Gasteiger partial charge in [-0.05, 0) is 164 Å². The van der Waals surface area contributed by atoms with Crippen molar-refractivity contribution in [2.24, 2.45) is 20.0 Å². The Morgan fingerprint density at radius 1 is 0.478 bits per heavy atom. The van der Waals surface area contributed by atoms with Crippen molar-refractivity contribution in [2.75, 3.05) is 13.2 Å². The molecule has 7 nitrogen and oxygen atoms in total. The SMILES string of the molecule is C.C1CCOC1.CCCCc1ccccc1N=C(C)c1cccc(C(C)=Nc2c(C)cccc2C)n1.CCCCc1ccccc1N=C(C)c1cccc(C(C)=Nc2c(C)cccc2C)n1.[Cl][Fe][Cl]. The number of para-hydroxylation sites is 4. The van der Waals surface area contributed by atoms with Crippen LogP contribution < -0.4 is 0 Å². The molecule has 7 rings (SSSR count). The van der Waals surface area contributed by atoms with Crippen molar-refractivity contribution in [2.45, 2.75) is 128 Å². The van der Waals surface area contributed by atoms with Gasteiger partial charge < -0.3 is 4.74 Å². The number of unbranched alkanes of at least 4 members (excludes halogenated alkanes) is 2. The van der Waals surface area contributed by atoms with Crippen LogP contribution in [0.15, 0.2) is 141 Å². The summed E-state index contributed by atoms with van der Waals surface area (Å²) in [5.74, 6) is 0. The Bertz CT molecular complexity index is 2410. The molecule has 10 heteroatoms. The number of nitrogens with zero attached hydrogens (tertiary/aromatic N) is 6. The van der Waals surface area contributed by atoms with Gasteiger partial charge in [-0.3, -0.25) is 20.0 Å². The first-order valence-electron chi connectivity index (χ1n) is 23.8. The predicted molar refractivity (Wildman–Crippen MR) is 296 cm³/mol. The Morgan fingerprint density at radius 2 is 0.783 bits per heavy atom. The molecule has 4 aromatic carbocycles. The van der Waals surface area contributed by atoms with Gasteiger partial charge in [0.2, 0.25) is 0 Å². The van der Waals surface area contributed by atoms with E-state index in [9.17, 15) is 0 Å². The second kappa shape index (κ2) is 31.9. The third kappa shape index (κ3) is 19.3. The van der Waals surface area contributed by atoms with E-state index in [-0.39, 0.29) is 20.6 Å². The van der Waals surface area contributed by atoms with Crippen LogP contribution in [0.3, 0.4) is 0 Å². The molecular weight excluding hydrogens is 935 g/mol. The third-order valence-electron chi connectivity index (χ3n) is 11.4. The van der Waals surface area contributed by atoms with E-state index < -0.39 is 0 Å². The maximum absolute atomic E-state index is 4.94. The molecule has 69 heavy (non-hydrogen) atoms. The molecule has 2 aromatic heterocycles. The van der Waals surface area contributed by atoms with Crippen LogP contribution in [0.1, 0.15) is 144 Å². The van der Waals surface area contributed by atoms with Crippen LogP contribution in [0.2, 0.25) is 0 Å². The van der Waals surface area contributed by atoms with E-state index >= 15 is 0 Å². The Labute approximate surface area is 429 Å². The van der Waals surface area contributed by atoms with E-state index in [2.05, 4.69) is 114 Å². The zero-order valence-corrected chi connectivity index (χ0v) is 44.4. The van der Waals surface area contributed by atoms with Crippen molar-refractivity contribution in [3.63, 3.8) is 0 Å². The van der Waals surface area contributed by atoms with Gasteiger partial charge in [0.25, 0.3) is 0 Å². The quantitative estimate of drug-likeness (QED) is 0.0805. The summed E-state index contributed by atoms with van der Waals surface area (Å²) < 4.78 is 4.94. The fraction of sp³-hybridized carbons (Fsp3) is 0.356. The van der Waals surface area contributed by atoms with Gasteiger partial charge in [-0.1, -0.05) is 119 Å². The molecule has 0 N–H and O–H groups in total. The molecule has 3 heterocycles. The second-order valence-electron chi connectivity index (χ2n) is 16.9. The summed E-state index contributed by atoms with van der Waals surface area (Å²) in [4.78, 5) is 29.3. The molecule has 0 amide bonds. The van der Waals surface area contributed by atoms with Gasteiger partial charge in [0.15, 0.2) is 0 Å². The van der Waals surface area contributed by atoms with Crippen molar-refractivity contribution < 1.29 is 17.9 Å². The van der Waals surface area contributed by atoms with Crippen LogP contribution >= 0.6 is 20.2 Å². The average Bonchev–Trinajstić information content (AvgIpc) is 3.95. The number of ether oxygens (including phenoxy) is 1. The summed E-state index contributed by atoms with van der Waals surface area (Å²) in [5, 5.41) is 0. The van der Waals surface area contributed by atoms with Crippen molar-refractivity contribution in [3.05, 3.63) is 177 Å². The number of aromatic nitrogens is 2. The summed E-state index contributed by atoms with van der Waals surface area (Å²) in [6.07, 6.45) is 9.37.